The number of nitrogens with one attached hydrogen (secondary N) is 3. The normalized spacial score (nSPS) is 14.1. The van der Waals surface area contributed by atoms with Gasteiger partial charge in [-0.25, -0.2) is 4.79 Å². The number of nitrogens with two attached hydrogens (primary N) is 1. The molecule has 0 aliphatic carbocycles. The zero-order valence-corrected chi connectivity index (χ0v) is 14.2. The lowest BCUT2D eigenvalue weighted by Gasteiger charge is -2.19. The smallest absolute Gasteiger partial charge is 0.326 e. The quantitative estimate of drug-likeness (QED) is 0.249. The summed E-state index contributed by atoms with van der Waals surface area (Å²) < 4.78 is 0. The number of rotatable bonds is 10. The lowest BCUT2D eigenvalue weighted by atomic mass is 10.0. The minimum atomic E-state index is -1.61. The van der Waals surface area contributed by atoms with Gasteiger partial charge in [0.25, 0.3) is 0 Å². The predicted molar refractivity (Wildman–Crippen MR) is 85.2 cm³/mol. The van der Waals surface area contributed by atoms with Gasteiger partial charge in [0.15, 0.2) is 0 Å². The molecule has 0 fully saturated rings. The van der Waals surface area contributed by atoms with Crippen LogP contribution in [0.1, 0.15) is 27.2 Å². The van der Waals surface area contributed by atoms with E-state index in [-0.39, 0.29) is 5.92 Å². The van der Waals surface area contributed by atoms with Crippen LogP contribution in [0.25, 0.3) is 0 Å². The summed E-state index contributed by atoms with van der Waals surface area (Å²) in [6.45, 7) is 4.31. The fraction of sp³-hybridized carbons (Fsp3) is 0.643. The topological polar surface area (TPSA) is 188 Å². The van der Waals surface area contributed by atoms with Gasteiger partial charge in [-0.2, -0.15) is 0 Å². The Hall–Kier alpha value is -2.69. The van der Waals surface area contributed by atoms with Crippen molar-refractivity contribution in [1.82, 2.24) is 16.0 Å². The van der Waals surface area contributed by atoms with E-state index in [4.69, 9.17) is 15.9 Å². The number of carbonyl (C=O) groups is 5. The Morgan fingerprint density at radius 1 is 0.960 bits per heavy atom. The SMILES string of the molecule is CC(NC(=O)C(N)C(C)C)C(=O)NCC(=O)NC(CC(=O)O)C(=O)O. The summed E-state index contributed by atoms with van der Waals surface area (Å²) >= 11 is 0. The predicted octanol–water partition coefficient (Wildman–Crippen LogP) is -2.37. The molecule has 0 saturated heterocycles. The summed E-state index contributed by atoms with van der Waals surface area (Å²) in [6, 6.07) is -3.35. The van der Waals surface area contributed by atoms with Crippen LogP contribution in [-0.2, 0) is 24.0 Å². The molecule has 0 bridgehead atoms. The zero-order chi connectivity index (χ0) is 19.7. The lowest BCUT2D eigenvalue weighted by molar-refractivity contribution is -0.147. The molecule has 3 amide bonds. The van der Waals surface area contributed by atoms with Gasteiger partial charge in [-0.3, -0.25) is 19.2 Å². The fourth-order valence-corrected chi connectivity index (χ4v) is 1.62. The Bertz CT molecular complexity index is 535. The summed E-state index contributed by atoms with van der Waals surface area (Å²) in [5, 5.41) is 23.9. The summed E-state index contributed by atoms with van der Waals surface area (Å²) in [7, 11) is 0. The van der Waals surface area contributed by atoms with Crippen LogP contribution in [0.2, 0.25) is 0 Å². The first-order chi connectivity index (χ1) is 11.5. The first-order valence-electron chi connectivity index (χ1n) is 7.53. The van der Waals surface area contributed by atoms with Gasteiger partial charge in [-0.05, 0) is 12.8 Å². The first-order valence-corrected chi connectivity index (χ1v) is 7.53. The molecule has 142 valence electrons. The number of hydrogen-bond donors (Lipinski definition) is 6. The maximum Gasteiger partial charge on any atom is 0.326 e. The van der Waals surface area contributed by atoms with Crippen LogP contribution >= 0.6 is 0 Å². The van der Waals surface area contributed by atoms with Crippen LogP contribution in [0.15, 0.2) is 0 Å². The maximum atomic E-state index is 11.8. The van der Waals surface area contributed by atoms with E-state index in [0.717, 1.165) is 0 Å². The summed E-state index contributed by atoms with van der Waals surface area (Å²) in [5.74, 6) is -5.10. The average Bonchev–Trinajstić information content (AvgIpc) is 2.50. The minimum Gasteiger partial charge on any atom is -0.481 e. The molecule has 0 radical (unpaired) electrons. The van der Waals surface area contributed by atoms with E-state index in [9.17, 15) is 24.0 Å². The summed E-state index contributed by atoms with van der Waals surface area (Å²) in [5.41, 5.74) is 5.64. The monoisotopic (exact) mass is 360 g/mol. The third kappa shape index (κ3) is 8.65. The van der Waals surface area contributed by atoms with Gasteiger partial charge in [-0.1, -0.05) is 13.8 Å². The Balaban J connectivity index is 4.43. The molecule has 0 aromatic heterocycles. The average molecular weight is 360 g/mol. The number of aliphatic carboxylic acids is 2. The third-order valence-electron chi connectivity index (χ3n) is 3.21. The van der Waals surface area contributed by atoms with Crippen molar-refractivity contribution < 1.29 is 34.2 Å². The molecule has 0 saturated carbocycles. The van der Waals surface area contributed by atoms with Crippen LogP contribution in [-0.4, -0.2) is 64.5 Å². The summed E-state index contributed by atoms with van der Waals surface area (Å²) in [6.07, 6.45) is -0.797. The van der Waals surface area contributed by atoms with E-state index in [1.54, 1.807) is 13.8 Å². The van der Waals surface area contributed by atoms with Gasteiger partial charge in [-0.15, -0.1) is 0 Å². The van der Waals surface area contributed by atoms with E-state index < -0.39 is 60.8 Å². The van der Waals surface area contributed by atoms with E-state index in [1.165, 1.54) is 6.92 Å². The molecule has 0 spiro atoms. The summed E-state index contributed by atoms with van der Waals surface area (Å²) in [4.78, 5) is 56.5. The first kappa shape index (κ1) is 22.3. The highest BCUT2D eigenvalue weighted by Gasteiger charge is 2.24. The van der Waals surface area contributed by atoms with Gasteiger partial charge in [0, 0.05) is 0 Å². The molecule has 25 heavy (non-hydrogen) atoms. The minimum absolute atomic E-state index is 0.122. The molecule has 0 rings (SSSR count). The van der Waals surface area contributed by atoms with Crippen LogP contribution in [0.4, 0.5) is 0 Å². The number of carbonyl (C=O) groups excluding carboxylic acids is 3. The highest BCUT2D eigenvalue weighted by atomic mass is 16.4. The Kier molecular flexibility index (Phi) is 9.13. The van der Waals surface area contributed by atoms with E-state index >= 15 is 0 Å². The third-order valence-corrected chi connectivity index (χ3v) is 3.21. The van der Waals surface area contributed by atoms with Crippen molar-refractivity contribution in [3.05, 3.63) is 0 Å². The number of amides is 3. The number of carboxylic acids is 2. The van der Waals surface area contributed by atoms with E-state index in [2.05, 4.69) is 10.6 Å². The second-order valence-corrected chi connectivity index (χ2v) is 5.77. The van der Waals surface area contributed by atoms with Crippen molar-refractivity contribution in [2.24, 2.45) is 11.7 Å². The number of carboxylic acid groups (broad SMARTS) is 2. The van der Waals surface area contributed by atoms with E-state index in [0.29, 0.717) is 0 Å². The van der Waals surface area contributed by atoms with Crippen LogP contribution < -0.4 is 21.7 Å². The Morgan fingerprint density at radius 2 is 1.52 bits per heavy atom. The highest BCUT2D eigenvalue weighted by Crippen LogP contribution is 1.98. The molecule has 0 aromatic rings. The molecule has 7 N–H and O–H groups in total. The molecule has 3 unspecified atom stereocenters. The van der Waals surface area contributed by atoms with Crippen molar-refractivity contribution in [2.75, 3.05) is 6.54 Å². The molecule has 3 atom stereocenters. The molecule has 0 aliphatic rings. The molecular formula is C14H24N4O7. The number of hydrogen-bond acceptors (Lipinski definition) is 6. The van der Waals surface area contributed by atoms with E-state index in [1.807, 2.05) is 5.32 Å². The van der Waals surface area contributed by atoms with Crippen LogP contribution in [0.5, 0.6) is 0 Å². The van der Waals surface area contributed by atoms with Crippen molar-refractivity contribution in [2.45, 2.75) is 45.3 Å². The molecule has 0 aromatic carbocycles. The largest absolute Gasteiger partial charge is 0.481 e. The maximum absolute atomic E-state index is 11.8. The Morgan fingerprint density at radius 3 is 1.96 bits per heavy atom. The fourth-order valence-electron chi connectivity index (χ4n) is 1.62. The van der Waals surface area contributed by atoms with Gasteiger partial charge >= 0.3 is 11.9 Å². The standard InChI is InChI=1S/C14H24N4O7/c1-6(2)11(15)13(23)17-7(3)12(22)16-5-9(19)18-8(14(24)25)4-10(20)21/h6-8,11H,4-5,15H2,1-3H3,(H,16,22)(H,17,23)(H,18,19)(H,20,21)(H,24,25). The van der Waals surface area contributed by atoms with Crippen molar-refractivity contribution in [3.63, 3.8) is 0 Å². The molecule has 0 heterocycles. The molecule has 0 aliphatic heterocycles. The van der Waals surface area contributed by atoms with Crippen molar-refractivity contribution >= 4 is 29.7 Å². The molecule has 11 heteroatoms. The van der Waals surface area contributed by atoms with Crippen molar-refractivity contribution in [3.8, 4) is 0 Å². The second kappa shape index (κ2) is 10.2. The van der Waals surface area contributed by atoms with Crippen LogP contribution in [0.3, 0.4) is 0 Å². The Labute approximate surface area is 144 Å². The van der Waals surface area contributed by atoms with Crippen LogP contribution in [0, 0.1) is 5.92 Å². The van der Waals surface area contributed by atoms with Crippen molar-refractivity contribution in [1.29, 1.82) is 0 Å². The lowest BCUT2D eigenvalue weighted by Crippen LogP contribution is -2.53. The highest BCUT2D eigenvalue weighted by molar-refractivity contribution is 5.92. The van der Waals surface area contributed by atoms with Gasteiger partial charge < -0.3 is 31.9 Å². The van der Waals surface area contributed by atoms with Gasteiger partial charge in [0.2, 0.25) is 17.7 Å². The second-order valence-electron chi connectivity index (χ2n) is 5.77. The van der Waals surface area contributed by atoms with Gasteiger partial charge in [0.1, 0.15) is 12.1 Å². The van der Waals surface area contributed by atoms with Gasteiger partial charge in [0.05, 0.1) is 19.0 Å². The zero-order valence-electron chi connectivity index (χ0n) is 14.2. The molecule has 11 nitrogen and oxygen atoms in total. The molecular weight excluding hydrogens is 336 g/mol.